The second-order valence-corrected chi connectivity index (χ2v) is 8.33. The number of amides is 1. The number of para-hydroxylation sites is 3. The van der Waals surface area contributed by atoms with E-state index < -0.39 is 0 Å². The minimum Gasteiger partial charge on any atom is -0.496 e. The Balaban J connectivity index is 1.42. The molecule has 0 saturated carbocycles. The lowest BCUT2D eigenvalue weighted by Gasteiger charge is -2.18. The maximum Gasteiger partial charge on any atom is 0.223 e. The van der Waals surface area contributed by atoms with Crippen LogP contribution in [0.4, 0.5) is 0 Å². The Labute approximate surface area is 188 Å². The van der Waals surface area contributed by atoms with Crippen LogP contribution >= 0.6 is 0 Å². The monoisotopic (exact) mass is 425 g/mol. The van der Waals surface area contributed by atoms with E-state index in [4.69, 9.17) is 9.72 Å². The third kappa shape index (κ3) is 3.98. The van der Waals surface area contributed by atoms with Gasteiger partial charge in [-0.2, -0.15) is 0 Å². The summed E-state index contributed by atoms with van der Waals surface area (Å²) in [7, 11) is 1.70. The quantitative estimate of drug-likeness (QED) is 0.433. The number of likely N-dealkylation sites (tertiary alicyclic amines) is 1. The first-order valence-electron chi connectivity index (χ1n) is 11.1. The lowest BCUT2D eigenvalue weighted by atomic mass is 10.1. The molecule has 0 aliphatic carbocycles. The third-order valence-electron chi connectivity index (χ3n) is 6.30. The standard InChI is InChI=1S/C27H27N3O2/c1-32-25-14-8-5-11-21(25)19-30-24-13-7-6-12-23(24)28-27(30)22-17-26(31)29(18-22)16-15-20-9-3-2-4-10-20/h2-14,22H,15-19H2,1H3. The van der Waals surface area contributed by atoms with E-state index in [-0.39, 0.29) is 11.8 Å². The summed E-state index contributed by atoms with van der Waals surface area (Å²) in [6.07, 6.45) is 1.38. The summed E-state index contributed by atoms with van der Waals surface area (Å²) >= 11 is 0. The highest BCUT2D eigenvalue weighted by atomic mass is 16.5. The van der Waals surface area contributed by atoms with Gasteiger partial charge < -0.3 is 14.2 Å². The number of hydrogen-bond donors (Lipinski definition) is 0. The van der Waals surface area contributed by atoms with Crippen molar-refractivity contribution in [3.05, 3.63) is 95.8 Å². The zero-order valence-corrected chi connectivity index (χ0v) is 18.3. The molecule has 32 heavy (non-hydrogen) atoms. The van der Waals surface area contributed by atoms with Crippen LogP contribution < -0.4 is 4.74 Å². The molecule has 1 aliphatic rings. The number of aromatic nitrogens is 2. The second-order valence-electron chi connectivity index (χ2n) is 8.33. The van der Waals surface area contributed by atoms with Crippen LogP contribution in [-0.4, -0.2) is 40.6 Å². The van der Waals surface area contributed by atoms with Crippen LogP contribution in [0.2, 0.25) is 0 Å². The topological polar surface area (TPSA) is 47.4 Å². The van der Waals surface area contributed by atoms with Gasteiger partial charge in [0.05, 0.1) is 24.7 Å². The molecule has 1 unspecified atom stereocenters. The summed E-state index contributed by atoms with van der Waals surface area (Å²) in [6.45, 7) is 2.11. The summed E-state index contributed by atoms with van der Waals surface area (Å²) in [6, 6.07) is 26.6. The van der Waals surface area contributed by atoms with Crippen LogP contribution in [0.25, 0.3) is 11.0 Å². The van der Waals surface area contributed by atoms with Gasteiger partial charge in [0.15, 0.2) is 0 Å². The molecule has 1 saturated heterocycles. The molecule has 0 spiro atoms. The highest BCUT2D eigenvalue weighted by Crippen LogP contribution is 2.32. The fourth-order valence-corrected chi connectivity index (χ4v) is 4.65. The first-order valence-corrected chi connectivity index (χ1v) is 11.1. The Morgan fingerprint density at radius 3 is 2.56 bits per heavy atom. The Hall–Kier alpha value is -3.60. The van der Waals surface area contributed by atoms with E-state index in [0.717, 1.165) is 41.1 Å². The van der Waals surface area contributed by atoms with E-state index >= 15 is 0 Å². The number of ether oxygens (including phenoxy) is 1. The maximum absolute atomic E-state index is 12.8. The molecule has 0 radical (unpaired) electrons. The van der Waals surface area contributed by atoms with Crippen molar-refractivity contribution in [1.82, 2.24) is 14.5 Å². The summed E-state index contributed by atoms with van der Waals surface area (Å²) in [5, 5.41) is 0. The van der Waals surface area contributed by atoms with Crippen LogP contribution in [0.15, 0.2) is 78.9 Å². The van der Waals surface area contributed by atoms with Gasteiger partial charge in [0.2, 0.25) is 5.91 Å². The summed E-state index contributed by atoms with van der Waals surface area (Å²) < 4.78 is 7.84. The zero-order valence-electron chi connectivity index (χ0n) is 18.3. The van der Waals surface area contributed by atoms with Gasteiger partial charge in [0.25, 0.3) is 0 Å². The number of carbonyl (C=O) groups excluding carboxylic acids is 1. The van der Waals surface area contributed by atoms with Crippen molar-refractivity contribution in [1.29, 1.82) is 0 Å². The molecule has 1 aromatic heterocycles. The average Bonchev–Trinajstić information content (AvgIpc) is 3.39. The van der Waals surface area contributed by atoms with Crippen LogP contribution in [0.1, 0.15) is 29.3 Å². The predicted molar refractivity (Wildman–Crippen MR) is 126 cm³/mol. The van der Waals surface area contributed by atoms with Gasteiger partial charge in [-0.15, -0.1) is 0 Å². The fraction of sp³-hybridized carbons (Fsp3) is 0.259. The van der Waals surface area contributed by atoms with Crippen LogP contribution in [0.5, 0.6) is 5.75 Å². The number of imidazole rings is 1. The van der Waals surface area contributed by atoms with Gasteiger partial charge in [0.1, 0.15) is 11.6 Å². The normalized spacial score (nSPS) is 16.1. The minimum atomic E-state index is 0.0837. The molecular weight excluding hydrogens is 398 g/mol. The minimum absolute atomic E-state index is 0.0837. The Morgan fingerprint density at radius 2 is 1.72 bits per heavy atom. The first-order chi connectivity index (χ1) is 15.7. The molecule has 0 N–H and O–H groups in total. The molecule has 5 heteroatoms. The molecule has 1 amide bonds. The molecule has 0 bridgehead atoms. The molecule has 4 aromatic rings. The van der Waals surface area contributed by atoms with E-state index in [1.165, 1.54) is 5.56 Å². The Morgan fingerprint density at radius 1 is 0.969 bits per heavy atom. The van der Waals surface area contributed by atoms with Gasteiger partial charge in [-0.3, -0.25) is 4.79 Å². The molecule has 1 fully saturated rings. The SMILES string of the molecule is COc1ccccc1Cn1c(C2CC(=O)N(CCc3ccccc3)C2)nc2ccccc21. The number of rotatable bonds is 7. The highest BCUT2D eigenvalue weighted by Gasteiger charge is 2.33. The van der Waals surface area contributed by atoms with E-state index in [1.54, 1.807) is 7.11 Å². The van der Waals surface area contributed by atoms with E-state index in [9.17, 15) is 4.79 Å². The van der Waals surface area contributed by atoms with Crippen molar-refractivity contribution in [2.75, 3.05) is 20.2 Å². The van der Waals surface area contributed by atoms with Crippen molar-refractivity contribution in [3.8, 4) is 5.75 Å². The van der Waals surface area contributed by atoms with Gasteiger partial charge >= 0.3 is 0 Å². The van der Waals surface area contributed by atoms with E-state index in [1.807, 2.05) is 59.5 Å². The number of nitrogens with zero attached hydrogens (tertiary/aromatic N) is 3. The third-order valence-corrected chi connectivity index (χ3v) is 6.30. The zero-order chi connectivity index (χ0) is 21.9. The summed E-state index contributed by atoms with van der Waals surface area (Å²) in [5.74, 6) is 2.14. The summed E-state index contributed by atoms with van der Waals surface area (Å²) in [4.78, 5) is 19.8. The Bertz CT molecular complexity index is 1230. The molecular formula is C27H27N3O2. The van der Waals surface area contributed by atoms with Crippen molar-refractivity contribution >= 4 is 16.9 Å². The lowest BCUT2D eigenvalue weighted by Crippen LogP contribution is -2.27. The molecule has 3 aromatic carbocycles. The molecule has 2 heterocycles. The van der Waals surface area contributed by atoms with E-state index in [2.05, 4.69) is 28.8 Å². The number of fused-ring (bicyclic) bond motifs is 1. The van der Waals surface area contributed by atoms with E-state index in [0.29, 0.717) is 19.5 Å². The average molecular weight is 426 g/mol. The fourth-order valence-electron chi connectivity index (χ4n) is 4.65. The maximum atomic E-state index is 12.8. The van der Waals surface area contributed by atoms with Crippen LogP contribution in [0.3, 0.4) is 0 Å². The number of hydrogen-bond acceptors (Lipinski definition) is 3. The van der Waals surface area contributed by atoms with Gasteiger partial charge in [-0.05, 0) is 30.2 Å². The van der Waals surface area contributed by atoms with Gasteiger partial charge in [-0.1, -0.05) is 60.7 Å². The largest absolute Gasteiger partial charge is 0.496 e. The molecule has 1 aliphatic heterocycles. The highest BCUT2D eigenvalue weighted by molar-refractivity contribution is 5.81. The lowest BCUT2D eigenvalue weighted by molar-refractivity contribution is -0.127. The molecule has 1 atom stereocenters. The molecule has 5 nitrogen and oxygen atoms in total. The van der Waals surface area contributed by atoms with Gasteiger partial charge in [0, 0.05) is 31.0 Å². The number of methoxy groups -OCH3 is 1. The molecule has 5 rings (SSSR count). The van der Waals surface area contributed by atoms with Crippen molar-refractivity contribution in [2.45, 2.75) is 25.3 Å². The van der Waals surface area contributed by atoms with Gasteiger partial charge in [-0.25, -0.2) is 4.98 Å². The van der Waals surface area contributed by atoms with Crippen molar-refractivity contribution in [3.63, 3.8) is 0 Å². The van der Waals surface area contributed by atoms with Crippen LogP contribution in [-0.2, 0) is 17.8 Å². The van der Waals surface area contributed by atoms with Crippen molar-refractivity contribution < 1.29 is 9.53 Å². The summed E-state index contributed by atoms with van der Waals surface area (Å²) in [5.41, 5.74) is 4.41. The Kier molecular flexibility index (Phi) is 5.63. The molecule has 162 valence electrons. The van der Waals surface area contributed by atoms with Crippen LogP contribution in [0, 0.1) is 0 Å². The smallest absolute Gasteiger partial charge is 0.223 e. The first kappa shape index (κ1) is 20.3. The van der Waals surface area contributed by atoms with Crippen molar-refractivity contribution in [2.24, 2.45) is 0 Å². The number of benzene rings is 3. The number of carbonyl (C=O) groups is 1. The second kappa shape index (κ2) is 8.87. The predicted octanol–water partition coefficient (Wildman–Crippen LogP) is 4.65.